The SMILES string of the molecule is C=C(CCCS(=O)(=O)O)C(=O)O.C=CC(=O)O. The Kier molecular flexibility index (Phi) is 8.84. The first kappa shape index (κ1) is 17.7. The van der Waals surface area contributed by atoms with Crippen molar-refractivity contribution in [1.29, 1.82) is 0 Å². The van der Waals surface area contributed by atoms with E-state index in [1.807, 2.05) is 0 Å². The van der Waals surface area contributed by atoms with Crippen LogP contribution >= 0.6 is 0 Å². The standard InChI is InChI=1S/C6H10O5S.C3H4O2/c1-5(6(7)8)3-2-4-12(9,10)11;1-2-3(4)5/h1-4H2,(H,7,8)(H,9,10,11);2H,1H2,(H,4,5). The number of carboxylic acid groups (broad SMARTS) is 2. The third-order valence-corrected chi connectivity index (χ3v) is 2.16. The van der Waals surface area contributed by atoms with Gasteiger partial charge in [-0.05, 0) is 12.8 Å². The second-order valence-corrected chi connectivity index (χ2v) is 4.41. The first-order valence-corrected chi connectivity index (χ1v) is 5.92. The third-order valence-electron chi connectivity index (χ3n) is 1.36. The van der Waals surface area contributed by atoms with Gasteiger partial charge in [0.2, 0.25) is 0 Å². The van der Waals surface area contributed by atoms with Crippen molar-refractivity contribution in [2.24, 2.45) is 0 Å². The van der Waals surface area contributed by atoms with Gasteiger partial charge in [-0.2, -0.15) is 8.42 Å². The highest BCUT2D eigenvalue weighted by Gasteiger charge is 2.07. The average molecular weight is 266 g/mol. The zero-order valence-corrected chi connectivity index (χ0v) is 9.81. The molecule has 3 N–H and O–H groups in total. The van der Waals surface area contributed by atoms with E-state index >= 15 is 0 Å². The molecule has 17 heavy (non-hydrogen) atoms. The number of hydrogen-bond acceptors (Lipinski definition) is 4. The molecule has 0 aliphatic rings. The molecular formula is C9H14O7S. The molecule has 0 saturated carbocycles. The van der Waals surface area contributed by atoms with Crippen molar-refractivity contribution >= 4 is 22.1 Å². The highest BCUT2D eigenvalue weighted by molar-refractivity contribution is 7.85. The summed E-state index contributed by atoms with van der Waals surface area (Å²) in [6, 6.07) is 0. The Morgan fingerprint density at radius 3 is 1.88 bits per heavy atom. The van der Waals surface area contributed by atoms with Gasteiger partial charge in [0, 0.05) is 11.6 Å². The highest BCUT2D eigenvalue weighted by atomic mass is 32.2. The normalized spacial score (nSPS) is 9.71. The number of rotatable bonds is 6. The second kappa shape index (κ2) is 8.48. The van der Waals surface area contributed by atoms with Crippen LogP contribution in [0.2, 0.25) is 0 Å². The van der Waals surface area contributed by atoms with E-state index in [1.165, 1.54) is 0 Å². The summed E-state index contributed by atoms with van der Waals surface area (Å²) in [5, 5.41) is 15.9. The Balaban J connectivity index is 0. The first-order valence-electron chi connectivity index (χ1n) is 4.31. The average Bonchev–Trinajstić information content (AvgIpc) is 2.16. The quantitative estimate of drug-likeness (QED) is 0.473. The topological polar surface area (TPSA) is 129 Å². The van der Waals surface area contributed by atoms with Crippen LogP contribution in [0.5, 0.6) is 0 Å². The lowest BCUT2D eigenvalue weighted by atomic mass is 10.2. The van der Waals surface area contributed by atoms with Gasteiger partial charge in [0.25, 0.3) is 10.1 Å². The van der Waals surface area contributed by atoms with Crippen molar-refractivity contribution in [2.45, 2.75) is 12.8 Å². The number of carboxylic acids is 2. The number of carbonyl (C=O) groups is 2. The van der Waals surface area contributed by atoms with Crippen LogP contribution in [-0.2, 0) is 19.7 Å². The molecule has 0 heterocycles. The number of hydrogen-bond donors (Lipinski definition) is 3. The fourth-order valence-electron chi connectivity index (χ4n) is 0.575. The Morgan fingerprint density at radius 2 is 1.65 bits per heavy atom. The highest BCUT2D eigenvalue weighted by Crippen LogP contribution is 2.03. The molecular weight excluding hydrogens is 252 g/mol. The summed E-state index contributed by atoms with van der Waals surface area (Å²) in [5.74, 6) is -2.56. The fourth-order valence-corrected chi connectivity index (χ4v) is 1.08. The van der Waals surface area contributed by atoms with Gasteiger partial charge in [-0.15, -0.1) is 0 Å². The van der Waals surface area contributed by atoms with Crippen molar-refractivity contribution in [3.05, 3.63) is 24.8 Å². The number of aliphatic carboxylic acids is 2. The van der Waals surface area contributed by atoms with Gasteiger partial charge in [-0.1, -0.05) is 13.2 Å². The van der Waals surface area contributed by atoms with Crippen LogP contribution in [0.4, 0.5) is 0 Å². The largest absolute Gasteiger partial charge is 0.478 e. The summed E-state index contributed by atoms with van der Waals surface area (Å²) in [5.41, 5.74) is -0.0568. The molecule has 0 radical (unpaired) electrons. The van der Waals surface area contributed by atoms with Crippen LogP contribution in [0.3, 0.4) is 0 Å². The van der Waals surface area contributed by atoms with E-state index in [9.17, 15) is 18.0 Å². The molecule has 0 aliphatic heterocycles. The van der Waals surface area contributed by atoms with Crippen molar-refractivity contribution < 1.29 is 32.8 Å². The van der Waals surface area contributed by atoms with E-state index in [-0.39, 0.29) is 18.4 Å². The van der Waals surface area contributed by atoms with Crippen molar-refractivity contribution in [3.63, 3.8) is 0 Å². The maximum atomic E-state index is 10.2. The van der Waals surface area contributed by atoms with Gasteiger partial charge < -0.3 is 10.2 Å². The summed E-state index contributed by atoms with van der Waals surface area (Å²) in [6.07, 6.45) is 0.971. The molecule has 7 nitrogen and oxygen atoms in total. The molecule has 0 aromatic heterocycles. The Bertz CT molecular complexity index is 394. The van der Waals surface area contributed by atoms with Crippen LogP contribution in [0.1, 0.15) is 12.8 Å². The van der Waals surface area contributed by atoms with Crippen LogP contribution in [0.25, 0.3) is 0 Å². The molecule has 0 saturated heterocycles. The lowest BCUT2D eigenvalue weighted by Gasteiger charge is -1.97. The van der Waals surface area contributed by atoms with Gasteiger partial charge >= 0.3 is 11.9 Å². The van der Waals surface area contributed by atoms with E-state index in [2.05, 4.69) is 13.2 Å². The van der Waals surface area contributed by atoms with Crippen molar-refractivity contribution in [1.82, 2.24) is 0 Å². The van der Waals surface area contributed by atoms with Crippen LogP contribution in [0.15, 0.2) is 24.8 Å². The van der Waals surface area contributed by atoms with E-state index in [1.54, 1.807) is 0 Å². The predicted octanol–water partition coefficient (Wildman–Crippen LogP) is 0.552. The molecule has 0 amide bonds. The minimum atomic E-state index is -3.98. The molecule has 0 aromatic carbocycles. The summed E-state index contributed by atoms with van der Waals surface area (Å²) < 4.78 is 28.6. The van der Waals surface area contributed by atoms with Gasteiger partial charge in [-0.25, -0.2) is 9.59 Å². The monoisotopic (exact) mass is 266 g/mol. The minimum absolute atomic E-state index is 0.0568. The lowest BCUT2D eigenvalue weighted by Crippen LogP contribution is -2.06. The van der Waals surface area contributed by atoms with Crippen LogP contribution < -0.4 is 0 Å². The summed E-state index contributed by atoms with van der Waals surface area (Å²) in [7, 11) is -3.98. The lowest BCUT2D eigenvalue weighted by molar-refractivity contribution is -0.133. The molecule has 0 aromatic rings. The molecule has 0 bridgehead atoms. The summed E-state index contributed by atoms with van der Waals surface area (Å²) >= 11 is 0. The van der Waals surface area contributed by atoms with E-state index in [0.717, 1.165) is 6.08 Å². The summed E-state index contributed by atoms with van der Waals surface area (Å²) in [6.45, 7) is 6.16. The molecule has 0 spiro atoms. The Morgan fingerprint density at radius 1 is 1.24 bits per heavy atom. The Hall–Kier alpha value is -1.67. The molecule has 0 fully saturated rings. The smallest absolute Gasteiger partial charge is 0.330 e. The molecule has 0 atom stereocenters. The summed E-state index contributed by atoms with van der Waals surface area (Å²) in [4.78, 5) is 19.4. The predicted molar refractivity (Wildman–Crippen MR) is 60.3 cm³/mol. The van der Waals surface area contributed by atoms with Crippen molar-refractivity contribution in [2.75, 3.05) is 5.75 Å². The zero-order valence-electron chi connectivity index (χ0n) is 9.00. The Labute approximate surface area is 98.8 Å². The minimum Gasteiger partial charge on any atom is -0.478 e. The maximum Gasteiger partial charge on any atom is 0.330 e. The van der Waals surface area contributed by atoms with Gasteiger partial charge in [0.1, 0.15) is 0 Å². The molecule has 0 rings (SSSR count). The van der Waals surface area contributed by atoms with Gasteiger partial charge in [0.05, 0.1) is 5.75 Å². The molecule has 98 valence electrons. The van der Waals surface area contributed by atoms with E-state index in [0.29, 0.717) is 0 Å². The van der Waals surface area contributed by atoms with E-state index < -0.39 is 27.8 Å². The fraction of sp³-hybridized carbons (Fsp3) is 0.333. The van der Waals surface area contributed by atoms with E-state index in [4.69, 9.17) is 14.8 Å². The molecule has 0 aliphatic carbocycles. The second-order valence-electron chi connectivity index (χ2n) is 2.84. The van der Waals surface area contributed by atoms with Crippen LogP contribution in [0, 0.1) is 0 Å². The van der Waals surface area contributed by atoms with Crippen LogP contribution in [-0.4, -0.2) is 40.9 Å². The van der Waals surface area contributed by atoms with Crippen molar-refractivity contribution in [3.8, 4) is 0 Å². The first-order chi connectivity index (χ1) is 7.60. The van der Waals surface area contributed by atoms with Gasteiger partial charge in [0.15, 0.2) is 0 Å². The third kappa shape index (κ3) is 17.0. The maximum absolute atomic E-state index is 10.2. The zero-order chi connectivity index (χ0) is 14.1. The molecule has 0 unspecified atom stereocenters. The van der Waals surface area contributed by atoms with Gasteiger partial charge in [-0.3, -0.25) is 4.55 Å². The molecule has 8 heteroatoms.